The third kappa shape index (κ3) is 4.90. The van der Waals surface area contributed by atoms with Crippen molar-refractivity contribution in [1.29, 1.82) is 0 Å². The van der Waals surface area contributed by atoms with Gasteiger partial charge in [0.05, 0.1) is 5.92 Å². The van der Waals surface area contributed by atoms with E-state index in [0.29, 0.717) is 32.2 Å². The summed E-state index contributed by atoms with van der Waals surface area (Å²) in [6.07, 6.45) is 4.47. The molecule has 0 spiro atoms. The van der Waals surface area contributed by atoms with Crippen molar-refractivity contribution in [3.63, 3.8) is 0 Å². The third-order valence-corrected chi connectivity index (χ3v) is 8.05. The van der Waals surface area contributed by atoms with Crippen LogP contribution >= 0.6 is 0 Å². The van der Waals surface area contributed by atoms with Gasteiger partial charge < -0.3 is 20.5 Å². The zero-order chi connectivity index (χ0) is 24.4. The van der Waals surface area contributed by atoms with Crippen LogP contribution in [0.3, 0.4) is 0 Å². The maximum Gasteiger partial charge on any atom is 0.407 e. The number of benzene rings is 2. The number of carboxylic acids is 1. The molecule has 35 heavy (non-hydrogen) atoms. The summed E-state index contributed by atoms with van der Waals surface area (Å²) in [5.41, 5.74) is 4.47. The molecule has 0 aliphatic heterocycles. The monoisotopic (exact) mass is 476 g/mol. The van der Waals surface area contributed by atoms with Gasteiger partial charge in [0, 0.05) is 24.9 Å². The Labute approximate surface area is 205 Å². The fourth-order valence-electron chi connectivity index (χ4n) is 5.96. The van der Waals surface area contributed by atoms with Gasteiger partial charge >= 0.3 is 12.1 Å². The minimum Gasteiger partial charge on any atom is -0.481 e. The van der Waals surface area contributed by atoms with Crippen molar-refractivity contribution < 1.29 is 24.2 Å². The van der Waals surface area contributed by atoms with Crippen LogP contribution in [0, 0.1) is 11.3 Å². The highest BCUT2D eigenvalue weighted by atomic mass is 16.5. The Hall–Kier alpha value is -3.35. The van der Waals surface area contributed by atoms with Crippen molar-refractivity contribution in [2.24, 2.45) is 11.3 Å². The van der Waals surface area contributed by atoms with E-state index in [1.54, 1.807) is 0 Å². The maximum absolute atomic E-state index is 12.7. The molecule has 7 heteroatoms. The van der Waals surface area contributed by atoms with Gasteiger partial charge in [0.2, 0.25) is 5.91 Å². The minimum absolute atomic E-state index is 0.0117. The minimum atomic E-state index is -0.787. The first-order valence-corrected chi connectivity index (χ1v) is 12.6. The molecule has 2 saturated carbocycles. The largest absolute Gasteiger partial charge is 0.481 e. The van der Waals surface area contributed by atoms with Crippen LogP contribution in [-0.2, 0) is 14.3 Å². The molecular weight excluding hydrogens is 444 g/mol. The molecule has 3 aliphatic rings. The quantitative estimate of drug-likeness (QED) is 0.522. The lowest BCUT2D eigenvalue weighted by molar-refractivity contribution is -0.141. The summed E-state index contributed by atoms with van der Waals surface area (Å²) in [4.78, 5) is 36.4. The number of carbonyl (C=O) groups is 3. The van der Waals surface area contributed by atoms with Gasteiger partial charge in [-0.25, -0.2) is 4.79 Å². The Bertz CT molecular complexity index is 1080. The second kappa shape index (κ2) is 9.72. The van der Waals surface area contributed by atoms with Crippen LogP contribution in [0.5, 0.6) is 0 Å². The van der Waals surface area contributed by atoms with Crippen LogP contribution in [0.25, 0.3) is 11.1 Å². The van der Waals surface area contributed by atoms with Crippen molar-refractivity contribution in [1.82, 2.24) is 10.6 Å². The number of hydrogen-bond acceptors (Lipinski definition) is 4. The van der Waals surface area contributed by atoms with Gasteiger partial charge in [-0.15, -0.1) is 0 Å². The summed E-state index contributed by atoms with van der Waals surface area (Å²) in [7, 11) is 0. The highest BCUT2D eigenvalue weighted by Crippen LogP contribution is 2.45. The first-order chi connectivity index (χ1) is 16.9. The molecule has 0 saturated heterocycles. The lowest BCUT2D eigenvalue weighted by atomic mass is 9.66. The predicted molar refractivity (Wildman–Crippen MR) is 131 cm³/mol. The number of carboxylic acid groups (broad SMARTS) is 1. The van der Waals surface area contributed by atoms with Crippen molar-refractivity contribution >= 4 is 18.0 Å². The van der Waals surface area contributed by atoms with E-state index in [9.17, 15) is 14.4 Å². The summed E-state index contributed by atoms with van der Waals surface area (Å²) in [5.74, 6) is -1.20. The Kier molecular flexibility index (Phi) is 6.50. The zero-order valence-electron chi connectivity index (χ0n) is 19.8. The summed E-state index contributed by atoms with van der Waals surface area (Å²) in [6.45, 7) is 0.666. The average Bonchev–Trinajstić information content (AvgIpc) is 3.42. The van der Waals surface area contributed by atoms with Crippen LogP contribution in [0.1, 0.15) is 62.0 Å². The molecule has 2 amide bonds. The smallest absolute Gasteiger partial charge is 0.407 e. The number of rotatable bonds is 8. The van der Waals surface area contributed by atoms with E-state index in [1.807, 2.05) is 24.3 Å². The third-order valence-electron chi connectivity index (χ3n) is 8.05. The predicted octanol–water partition coefficient (Wildman–Crippen LogP) is 4.46. The molecule has 184 valence electrons. The van der Waals surface area contributed by atoms with E-state index in [2.05, 4.69) is 34.9 Å². The van der Waals surface area contributed by atoms with Gasteiger partial charge in [0.25, 0.3) is 0 Å². The molecule has 2 aromatic rings. The van der Waals surface area contributed by atoms with Gasteiger partial charge in [-0.1, -0.05) is 55.0 Å². The number of hydrogen-bond donors (Lipinski definition) is 3. The maximum atomic E-state index is 12.7. The van der Waals surface area contributed by atoms with Crippen molar-refractivity contribution in [2.45, 2.75) is 56.9 Å². The molecule has 0 radical (unpaired) electrons. The van der Waals surface area contributed by atoms with Gasteiger partial charge in [-0.05, 0) is 59.8 Å². The molecule has 2 atom stereocenters. The van der Waals surface area contributed by atoms with Crippen LogP contribution in [0.2, 0.25) is 0 Å². The highest BCUT2D eigenvalue weighted by molar-refractivity contribution is 5.79. The number of ether oxygens (including phenoxy) is 1. The van der Waals surface area contributed by atoms with Crippen molar-refractivity contribution in [2.75, 3.05) is 13.2 Å². The van der Waals surface area contributed by atoms with Gasteiger partial charge in [0.15, 0.2) is 0 Å². The van der Waals surface area contributed by atoms with E-state index < -0.39 is 12.1 Å². The molecule has 7 nitrogen and oxygen atoms in total. The van der Waals surface area contributed by atoms with Gasteiger partial charge in [0.1, 0.15) is 6.61 Å². The number of amides is 2. The summed E-state index contributed by atoms with van der Waals surface area (Å²) < 4.78 is 5.64. The normalized spacial score (nSPS) is 21.9. The highest BCUT2D eigenvalue weighted by Gasteiger charge is 2.40. The molecule has 0 unspecified atom stereocenters. The SMILES string of the molecule is O=C(CC1(CNC(=O)OCC2c3ccccc3-c3ccccc32)CCC1)N[C@@H]1CC[C@H](C(=O)O)C1. The molecule has 3 aliphatic carbocycles. The molecule has 3 N–H and O–H groups in total. The first-order valence-electron chi connectivity index (χ1n) is 12.6. The second-order valence-corrected chi connectivity index (χ2v) is 10.3. The summed E-state index contributed by atoms with van der Waals surface area (Å²) in [6, 6.07) is 16.4. The Morgan fingerprint density at radius 2 is 1.63 bits per heavy atom. The summed E-state index contributed by atoms with van der Waals surface area (Å²) >= 11 is 0. The van der Waals surface area contributed by atoms with E-state index in [0.717, 1.165) is 19.3 Å². The molecular formula is C28H32N2O5. The summed E-state index contributed by atoms with van der Waals surface area (Å²) in [5, 5.41) is 15.1. The number of nitrogens with one attached hydrogen (secondary N) is 2. The van der Waals surface area contributed by atoms with Gasteiger partial charge in [-0.2, -0.15) is 0 Å². The first kappa shape index (κ1) is 23.4. The van der Waals surface area contributed by atoms with E-state index >= 15 is 0 Å². The van der Waals surface area contributed by atoms with Crippen molar-refractivity contribution in [3.8, 4) is 11.1 Å². The van der Waals surface area contributed by atoms with Crippen LogP contribution in [-0.4, -0.2) is 42.3 Å². The number of aliphatic carboxylic acids is 1. The zero-order valence-corrected chi connectivity index (χ0v) is 19.8. The topological polar surface area (TPSA) is 105 Å². The fraction of sp³-hybridized carbons (Fsp3) is 0.464. The van der Waals surface area contributed by atoms with E-state index in [-0.39, 0.29) is 35.8 Å². The van der Waals surface area contributed by atoms with Gasteiger partial charge in [-0.3, -0.25) is 9.59 Å². The Morgan fingerprint density at radius 3 is 2.20 bits per heavy atom. The lowest BCUT2D eigenvalue weighted by Gasteiger charge is -2.41. The van der Waals surface area contributed by atoms with Crippen LogP contribution < -0.4 is 10.6 Å². The average molecular weight is 477 g/mol. The molecule has 2 aromatic carbocycles. The molecule has 0 bridgehead atoms. The Morgan fingerprint density at radius 1 is 0.971 bits per heavy atom. The molecule has 2 fully saturated rings. The van der Waals surface area contributed by atoms with Crippen LogP contribution in [0.15, 0.2) is 48.5 Å². The molecule has 5 rings (SSSR count). The second-order valence-electron chi connectivity index (χ2n) is 10.3. The number of alkyl carbamates (subject to hydrolysis) is 1. The Balaban J connectivity index is 1.12. The van der Waals surface area contributed by atoms with E-state index in [1.165, 1.54) is 22.3 Å². The lowest BCUT2D eigenvalue weighted by Crippen LogP contribution is -2.46. The number of fused-ring (bicyclic) bond motifs is 3. The van der Waals surface area contributed by atoms with Crippen LogP contribution in [0.4, 0.5) is 4.79 Å². The molecule has 0 aromatic heterocycles. The molecule has 0 heterocycles. The fourth-order valence-corrected chi connectivity index (χ4v) is 5.96. The van der Waals surface area contributed by atoms with E-state index in [4.69, 9.17) is 9.84 Å². The number of carbonyl (C=O) groups excluding carboxylic acids is 2. The van der Waals surface area contributed by atoms with Crippen molar-refractivity contribution in [3.05, 3.63) is 59.7 Å². The standard InChI is InChI=1S/C28H32N2O5/c31-25(30-19-11-10-18(14-19)26(32)33)15-28(12-5-13-28)17-29-27(34)35-16-24-22-8-3-1-6-20(22)21-7-2-4-9-23(21)24/h1-4,6-9,18-19,24H,5,10-17H2,(H,29,34)(H,30,31)(H,32,33)/t18-,19+/m0/s1.